The topological polar surface area (TPSA) is 50.7 Å². The van der Waals surface area contributed by atoms with Crippen molar-refractivity contribution >= 4 is 28.9 Å². The van der Waals surface area contributed by atoms with Crippen LogP contribution in [0.5, 0.6) is 0 Å². The van der Waals surface area contributed by atoms with Crippen molar-refractivity contribution in [2.24, 2.45) is 0 Å². The van der Waals surface area contributed by atoms with E-state index in [1.165, 1.54) is 0 Å². The van der Waals surface area contributed by atoms with Crippen LogP contribution in [0.2, 0.25) is 0 Å². The summed E-state index contributed by atoms with van der Waals surface area (Å²) in [6.45, 7) is 0. The quantitative estimate of drug-likeness (QED) is 0.828. The number of nitrogens with zero attached hydrogens (tertiary/aromatic N) is 3. The first kappa shape index (κ1) is 10.4. The molecule has 0 aromatic carbocycles. The van der Waals surface area contributed by atoms with Crippen molar-refractivity contribution in [3.05, 3.63) is 29.7 Å². The number of thioether (sulfide) groups is 1. The summed E-state index contributed by atoms with van der Waals surface area (Å²) >= 11 is 3.32. The summed E-state index contributed by atoms with van der Waals surface area (Å²) in [6.07, 6.45) is 5.33. The maximum absolute atomic E-state index is 4.28. The summed E-state index contributed by atoms with van der Waals surface area (Å²) in [5.41, 5.74) is 0.967. The number of rotatable bonds is 4. The number of anilines is 1. The Morgan fingerprint density at radius 1 is 1.33 bits per heavy atom. The molecule has 0 saturated carbocycles. The minimum Gasteiger partial charge on any atom is -0.372 e. The summed E-state index contributed by atoms with van der Waals surface area (Å²) in [6, 6.07) is 0. The molecule has 78 valence electrons. The predicted octanol–water partition coefficient (Wildman–Crippen LogP) is 2.27. The van der Waals surface area contributed by atoms with E-state index in [0.29, 0.717) is 0 Å². The van der Waals surface area contributed by atoms with E-state index in [-0.39, 0.29) is 0 Å². The van der Waals surface area contributed by atoms with E-state index in [0.717, 1.165) is 21.6 Å². The molecule has 0 aliphatic rings. The van der Waals surface area contributed by atoms with Crippen molar-refractivity contribution in [3.8, 4) is 0 Å². The fourth-order valence-corrected chi connectivity index (χ4v) is 2.51. The predicted molar refractivity (Wildman–Crippen MR) is 63.3 cm³/mol. The third-order valence-electron chi connectivity index (χ3n) is 1.71. The van der Waals surface area contributed by atoms with E-state index >= 15 is 0 Å². The second-order valence-electron chi connectivity index (χ2n) is 2.73. The molecule has 0 aliphatic heterocycles. The molecule has 0 unspecified atom stereocenters. The molecule has 2 aromatic rings. The molecule has 2 aromatic heterocycles. The second-order valence-corrected chi connectivity index (χ2v) is 4.85. The Hall–Kier alpha value is -1.14. The Balaban J connectivity index is 1.93. The van der Waals surface area contributed by atoms with Gasteiger partial charge in [0.1, 0.15) is 10.2 Å². The van der Waals surface area contributed by atoms with Gasteiger partial charge in [0.2, 0.25) is 0 Å². The van der Waals surface area contributed by atoms with Crippen LogP contribution in [0.25, 0.3) is 0 Å². The Bertz CT molecular complexity index is 399. The molecule has 4 nitrogen and oxygen atoms in total. The smallest absolute Gasteiger partial charge is 0.150 e. The van der Waals surface area contributed by atoms with Crippen molar-refractivity contribution in [2.75, 3.05) is 12.4 Å². The summed E-state index contributed by atoms with van der Waals surface area (Å²) in [5.74, 6) is 1.60. The minimum atomic E-state index is 0.790. The highest BCUT2D eigenvalue weighted by atomic mass is 32.2. The lowest BCUT2D eigenvalue weighted by molar-refractivity contribution is 1.09. The van der Waals surface area contributed by atoms with Crippen LogP contribution in [0.4, 0.5) is 5.82 Å². The molecule has 2 rings (SSSR count). The molecule has 0 spiro atoms. The minimum absolute atomic E-state index is 0.790. The second kappa shape index (κ2) is 5.09. The standard InChI is InChI=1S/C9H10N4S2/c1-10-8-5-12-7(4-13-8)6-15-9-11-2-3-14-9/h2-5H,6H2,1H3,(H,10,13). The van der Waals surface area contributed by atoms with Gasteiger partial charge in [-0.25, -0.2) is 9.97 Å². The first-order chi connectivity index (χ1) is 7.38. The molecule has 0 bridgehead atoms. The number of hydrogen-bond donors (Lipinski definition) is 1. The third kappa shape index (κ3) is 2.90. The van der Waals surface area contributed by atoms with Crippen molar-refractivity contribution in [2.45, 2.75) is 10.1 Å². The van der Waals surface area contributed by atoms with E-state index in [9.17, 15) is 0 Å². The zero-order valence-corrected chi connectivity index (χ0v) is 9.81. The van der Waals surface area contributed by atoms with Crippen molar-refractivity contribution in [3.63, 3.8) is 0 Å². The van der Waals surface area contributed by atoms with E-state index in [4.69, 9.17) is 0 Å². The number of hydrogen-bond acceptors (Lipinski definition) is 6. The SMILES string of the molecule is CNc1cnc(CSc2nccs2)cn1. The van der Waals surface area contributed by atoms with Gasteiger partial charge in [-0.2, -0.15) is 0 Å². The zero-order chi connectivity index (χ0) is 10.5. The molecule has 15 heavy (non-hydrogen) atoms. The maximum atomic E-state index is 4.28. The summed E-state index contributed by atoms with van der Waals surface area (Å²) in [4.78, 5) is 12.7. The van der Waals surface area contributed by atoms with E-state index in [1.807, 2.05) is 18.6 Å². The van der Waals surface area contributed by atoms with Gasteiger partial charge in [-0.3, -0.25) is 4.98 Å². The summed E-state index contributed by atoms with van der Waals surface area (Å²) in [7, 11) is 1.83. The first-order valence-electron chi connectivity index (χ1n) is 4.39. The van der Waals surface area contributed by atoms with Crippen LogP contribution in [0, 0.1) is 0 Å². The van der Waals surface area contributed by atoms with E-state index in [2.05, 4.69) is 20.3 Å². The van der Waals surface area contributed by atoms with Crippen LogP contribution in [0.15, 0.2) is 28.3 Å². The number of thiazole rings is 1. The Morgan fingerprint density at radius 2 is 2.27 bits per heavy atom. The fraction of sp³-hybridized carbons (Fsp3) is 0.222. The van der Waals surface area contributed by atoms with Gasteiger partial charge in [0.25, 0.3) is 0 Å². The average molecular weight is 238 g/mol. The van der Waals surface area contributed by atoms with Gasteiger partial charge in [-0.05, 0) is 0 Å². The van der Waals surface area contributed by atoms with Gasteiger partial charge in [-0.1, -0.05) is 11.8 Å². The molecule has 0 radical (unpaired) electrons. The molecule has 0 saturated heterocycles. The van der Waals surface area contributed by atoms with Crippen LogP contribution < -0.4 is 5.32 Å². The maximum Gasteiger partial charge on any atom is 0.150 e. The van der Waals surface area contributed by atoms with Gasteiger partial charge < -0.3 is 5.32 Å². The highest BCUT2D eigenvalue weighted by molar-refractivity contribution is 8.00. The van der Waals surface area contributed by atoms with Crippen LogP contribution in [-0.4, -0.2) is 22.0 Å². The zero-order valence-electron chi connectivity index (χ0n) is 8.17. The lowest BCUT2D eigenvalue weighted by Gasteiger charge is -2.00. The van der Waals surface area contributed by atoms with Crippen LogP contribution >= 0.6 is 23.1 Å². The van der Waals surface area contributed by atoms with Gasteiger partial charge in [0, 0.05) is 24.4 Å². The monoisotopic (exact) mass is 238 g/mol. The first-order valence-corrected chi connectivity index (χ1v) is 6.26. The van der Waals surface area contributed by atoms with Gasteiger partial charge in [-0.15, -0.1) is 11.3 Å². The molecular formula is C9H10N4S2. The van der Waals surface area contributed by atoms with Crippen LogP contribution in [0.3, 0.4) is 0 Å². The molecule has 6 heteroatoms. The molecular weight excluding hydrogens is 228 g/mol. The van der Waals surface area contributed by atoms with Gasteiger partial charge >= 0.3 is 0 Å². The summed E-state index contributed by atoms with van der Waals surface area (Å²) in [5, 5.41) is 4.90. The molecule has 0 atom stereocenters. The van der Waals surface area contributed by atoms with Crippen LogP contribution in [-0.2, 0) is 5.75 Å². The molecule has 2 heterocycles. The van der Waals surface area contributed by atoms with Crippen molar-refractivity contribution < 1.29 is 0 Å². The number of aromatic nitrogens is 3. The van der Waals surface area contributed by atoms with Crippen molar-refractivity contribution in [1.82, 2.24) is 15.0 Å². The Morgan fingerprint density at radius 3 is 2.87 bits per heavy atom. The molecule has 0 aliphatic carbocycles. The lowest BCUT2D eigenvalue weighted by Crippen LogP contribution is -1.95. The van der Waals surface area contributed by atoms with E-state index in [1.54, 1.807) is 35.5 Å². The highest BCUT2D eigenvalue weighted by Crippen LogP contribution is 2.23. The summed E-state index contributed by atoms with van der Waals surface area (Å²) < 4.78 is 1.06. The van der Waals surface area contributed by atoms with Crippen molar-refractivity contribution in [1.29, 1.82) is 0 Å². The normalized spacial score (nSPS) is 10.2. The average Bonchev–Trinajstić information content (AvgIpc) is 2.80. The van der Waals surface area contributed by atoms with Gasteiger partial charge in [0.05, 0.1) is 18.1 Å². The largest absolute Gasteiger partial charge is 0.372 e. The Kier molecular flexibility index (Phi) is 3.52. The fourth-order valence-electron chi connectivity index (χ4n) is 0.976. The van der Waals surface area contributed by atoms with E-state index < -0.39 is 0 Å². The highest BCUT2D eigenvalue weighted by Gasteiger charge is 2.00. The van der Waals surface area contributed by atoms with Gasteiger partial charge in [0.15, 0.2) is 0 Å². The Labute approximate surface area is 96.2 Å². The van der Waals surface area contributed by atoms with Crippen LogP contribution in [0.1, 0.15) is 5.69 Å². The molecule has 0 fully saturated rings. The third-order valence-corrected chi connectivity index (χ3v) is 3.71. The molecule has 0 amide bonds. The molecule has 1 N–H and O–H groups in total. The number of nitrogens with one attached hydrogen (secondary N) is 1. The lowest BCUT2D eigenvalue weighted by atomic mass is 10.5.